The molecule has 1 aliphatic carbocycles. The van der Waals surface area contributed by atoms with Crippen molar-refractivity contribution in [3.63, 3.8) is 0 Å². The molecule has 0 radical (unpaired) electrons. The molecular formula is C24H20F3NO2S. The lowest BCUT2D eigenvalue weighted by Gasteiger charge is -2.15. The van der Waals surface area contributed by atoms with Gasteiger partial charge in [0, 0.05) is 5.69 Å². The fraction of sp³-hybridized carbons (Fsp3) is 0.167. The van der Waals surface area contributed by atoms with E-state index < -0.39 is 21.8 Å². The number of fused-ring (bicyclic) bond motifs is 2. The lowest BCUT2D eigenvalue weighted by Crippen LogP contribution is -2.09. The van der Waals surface area contributed by atoms with Crippen LogP contribution in [0.2, 0.25) is 0 Å². The van der Waals surface area contributed by atoms with Crippen LogP contribution in [-0.4, -0.2) is 14.7 Å². The van der Waals surface area contributed by atoms with Gasteiger partial charge in [-0.15, -0.1) is 0 Å². The predicted octanol–water partition coefficient (Wildman–Crippen LogP) is 5.76. The van der Waals surface area contributed by atoms with Crippen molar-refractivity contribution in [2.75, 3.05) is 11.0 Å². The zero-order chi connectivity index (χ0) is 22.2. The summed E-state index contributed by atoms with van der Waals surface area (Å²) < 4.78 is 65.4. The van der Waals surface area contributed by atoms with E-state index in [4.69, 9.17) is 0 Å². The molecule has 31 heavy (non-hydrogen) atoms. The summed E-state index contributed by atoms with van der Waals surface area (Å²) in [7, 11) is -3.43. The molecule has 7 heteroatoms. The van der Waals surface area contributed by atoms with E-state index >= 15 is 0 Å². The summed E-state index contributed by atoms with van der Waals surface area (Å²) in [4.78, 5) is 0. The van der Waals surface area contributed by atoms with E-state index in [1.165, 1.54) is 12.1 Å². The summed E-state index contributed by atoms with van der Waals surface area (Å²) in [5, 5.41) is 0. The molecule has 0 bridgehead atoms. The molecule has 3 nitrogen and oxygen atoms in total. The Morgan fingerprint density at radius 1 is 0.871 bits per heavy atom. The molecule has 0 fully saturated rings. The Morgan fingerprint density at radius 3 is 2.32 bits per heavy atom. The number of anilines is 1. The van der Waals surface area contributed by atoms with Gasteiger partial charge in [-0.2, -0.15) is 13.2 Å². The number of nitrogens with one attached hydrogen (secondary N) is 1. The smallest absolute Gasteiger partial charge is 0.284 e. The molecule has 0 aromatic heterocycles. The van der Waals surface area contributed by atoms with E-state index in [1.54, 1.807) is 18.2 Å². The molecule has 0 aliphatic heterocycles. The van der Waals surface area contributed by atoms with E-state index in [-0.39, 0.29) is 0 Å². The Kier molecular flexibility index (Phi) is 5.39. The fourth-order valence-electron chi connectivity index (χ4n) is 3.88. The van der Waals surface area contributed by atoms with Gasteiger partial charge in [-0.3, -0.25) is 4.72 Å². The van der Waals surface area contributed by atoms with Gasteiger partial charge in [0.05, 0.1) is 11.8 Å². The molecule has 160 valence electrons. The molecule has 3 aromatic rings. The maximum absolute atomic E-state index is 13.3. The summed E-state index contributed by atoms with van der Waals surface area (Å²) in [5.41, 5.74) is 4.73. The maximum Gasteiger partial charge on any atom is 0.416 e. The van der Waals surface area contributed by atoms with Crippen molar-refractivity contribution in [3.8, 4) is 0 Å². The third kappa shape index (κ3) is 4.82. The molecular weight excluding hydrogens is 423 g/mol. The van der Waals surface area contributed by atoms with E-state index in [9.17, 15) is 21.6 Å². The molecule has 0 heterocycles. The Labute approximate surface area is 179 Å². The zero-order valence-corrected chi connectivity index (χ0v) is 17.5. The second-order valence-electron chi connectivity index (χ2n) is 7.58. The fourth-order valence-corrected chi connectivity index (χ4v) is 4.44. The van der Waals surface area contributed by atoms with Crippen LogP contribution in [0.5, 0.6) is 0 Å². The average molecular weight is 443 g/mol. The third-order valence-electron chi connectivity index (χ3n) is 5.19. The van der Waals surface area contributed by atoms with Gasteiger partial charge in [0.15, 0.2) is 0 Å². The largest absolute Gasteiger partial charge is 0.416 e. The van der Waals surface area contributed by atoms with Crippen molar-refractivity contribution in [2.24, 2.45) is 0 Å². The molecule has 0 unspecified atom stereocenters. The van der Waals surface area contributed by atoms with Crippen LogP contribution in [-0.2, 0) is 29.0 Å². The molecule has 4 rings (SSSR count). The van der Waals surface area contributed by atoms with Crippen LogP contribution in [0.4, 0.5) is 18.9 Å². The van der Waals surface area contributed by atoms with Crippen LogP contribution >= 0.6 is 0 Å². The SMILES string of the molecule is CS(=O)(=O)Nc1cccc(/C=C2\c3ccccc3CCc3cc(C(F)(F)F)ccc32)c1. The van der Waals surface area contributed by atoms with Crippen LogP contribution < -0.4 is 4.72 Å². The summed E-state index contributed by atoms with van der Waals surface area (Å²) in [5.74, 6) is 0. The van der Waals surface area contributed by atoms with Crippen molar-refractivity contribution < 1.29 is 21.6 Å². The first kappa shape index (κ1) is 21.2. The Bertz CT molecular complexity index is 1280. The van der Waals surface area contributed by atoms with Crippen molar-refractivity contribution >= 4 is 27.4 Å². The number of hydrogen-bond acceptors (Lipinski definition) is 2. The quantitative estimate of drug-likeness (QED) is 0.559. The normalized spacial score (nSPS) is 15.2. The molecule has 0 saturated heterocycles. The average Bonchev–Trinajstić information content (AvgIpc) is 2.83. The van der Waals surface area contributed by atoms with Crippen LogP contribution in [0, 0.1) is 0 Å². The number of rotatable bonds is 3. The van der Waals surface area contributed by atoms with Crippen LogP contribution in [0.3, 0.4) is 0 Å². The van der Waals surface area contributed by atoms with Crippen molar-refractivity contribution in [3.05, 3.63) is 100 Å². The monoisotopic (exact) mass is 443 g/mol. The highest BCUT2D eigenvalue weighted by Gasteiger charge is 2.31. The van der Waals surface area contributed by atoms with Crippen LogP contribution in [0.1, 0.15) is 33.4 Å². The standard InChI is InChI=1S/C24H20F3NO2S/c1-31(29,30)28-20-7-4-5-16(13-20)14-23-21-8-3-2-6-17(21)9-10-18-15-19(24(25,26)27)11-12-22(18)23/h2-8,11-15,28H,9-10H2,1H3/b23-14+. The van der Waals surface area contributed by atoms with Gasteiger partial charge in [0.25, 0.3) is 0 Å². The highest BCUT2D eigenvalue weighted by Crippen LogP contribution is 2.38. The minimum atomic E-state index is -4.40. The number of aryl methyl sites for hydroxylation is 2. The number of sulfonamides is 1. The van der Waals surface area contributed by atoms with E-state index in [0.717, 1.165) is 40.1 Å². The first-order valence-electron chi connectivity index (χ1n) is 9.68. The summed E-state index contributed by atoms with van der Waals surface area (Å²) in [6.45, 7) is 0. The second kappa shape index (κ2) is 7.89. The molecule has 1 aliphatic rings. The molecule has 1 N–H and O–H groups in total. The zero-order valence-electron chi connectivity index (χ0n) is 16.7. The highest BCUT2D eigenvalue weighted by atomic mass is 32.2. The van der Waals surface area contributed by atoms with Gasteiger partial charge in [-0.1, -0.05) is 42.5 Å². The van der Waals surface area contributed by atoms with Gasteiger partial charge < -0.3 is 0 Å². The second-order valence-corrected chi connectivity index (χ2v) is 9.33. The molecule has 0 amide bonds. The van der Waals surface area contributed by atoms with E-state index in [0.29, 0.717) is 24.1 Å². The number of benzene rings is 3. The van der Waals surface area contributed by atoms with Gasteiger partial charge in [0.1, 0.15) is 0 Å². The molecule has 3 aromatic carbocycles. The Hall–Kier alpha value is -3.06. The van der Waals surface area contributed by atoms with Crippen LogP contribution in [0.15, 0.2) is 66.7 Å². The first-order valence-corrected chi connectivity index (χ1v) is 11.6. The minimum Gasteiger partial charge on any atom is -0.284 e. The molecule has 0 saturated carbocycles. The predicted molar refractivity (Wildman–Crippen MR) is 117 cm³/mol. The van der Waals surface area contributed by atoms with Gasteiger partial charge in [-0.25, -0.2) is 8.42 Å². The first-order chi connectivity index (χ1) is 14.6. The lowest BCUT2D eigenvalue weighted by molar-refractivity contribution is -0.137. The number of alkyl halides is 3. The van der Waals surface area contributed by atoms with Crippen LogP contribution in [0.25, 0.3) is 11.6 Å². The number of halogens is 3. The Morgan fingerprint density at radius 2 is 1.58 bits per heavy atom. The van der Waals surface area contributed by atoms with Gasteiger partial charge in [-0.05, 0) is 76.6 Å². The maximum atomic E-state index is 13.3. The minimum absolute atomic E-state index is 0.423. The van der Waals surface area contributed by atoms with E-state index in [1.807, 2.05) is 36.4 Å². The molecule has 0 spiro atoms. The number of hydrogen-bond donors (Lipinski definition) is 1. The molecule has 0 atom stereocenters. The van der Waals surface area contributed by atoms with Crippen molar-refractivity contribution in [1.29, 1.82) is 0 Å². The third-order valence-corrected chi connectivity index (χ3v) is 5.80. The van der Waals surface area contributed by atoms with Gasteiger partial charge in [0.2, 0.25) is 10.0 Å². The summed E-state index contributed by atoms with van der Waals surface area (Å²) in [6.07, 6.45) is -0.289. The summed E-state index contributed by atoms with van der Waals surface area (Å²) >= 11 is 0. The van der Waals surface area contributed by atoms with Crippen molar-refractivity contribution in [2.45, 2.75) is 19.0 Å². The highest BCUT2D eigenvalue weighted by molar-refractivity contribution is 7.92. The lowest BCUT2D eigenvalue weighted by atomic mass is 9.91. The Balaban J connectivity index is 1.88. The van der Waals surface area contributed by atoms with E-state index in [2.05, 4.69) is 4.72 Å². The van der Waals surface area contributed by atoms with Crippen molar-refractivity contribution in [1.82, 2.24) is 0 Å². The summed E-state index contributed by atoms with van der Waals surface area (Å²) in [6, 6.07) is 18.6. The van der Waals surface area contributed by atoms with Gasteiger partial charge >= 0.3 is 6.18 Å². The topological polar surface area (TPSA) is 46.2 Å².